The second-order valence-corrected chi connectivity index (χ2v) is 13.1. The second kappa shape index (κ2) is 12.0. The van der Waals surface area contributed by atoms with Crippen LogP contribution in [0.1, 0.15) is 64.4 Å². The standard InChI is InChI=1S/C31H45N3O6/c1-20(2)14-27(33-30(36)34-10-12-37-13-11-34)28(35)32-26(9-8-21-6-4-3-5-7-21)29-38-31(40-39-29)24-16-22-15-23(18-24)19-25(31)17-22/h3-7,20,22-27,29H,8-19H2,1-2H3,(H,32,35)(H,33,36)/t22?,23?,24?,25?,26-,27-,29-,31?/m0/s1. The molecule has 2 N–H and O–H groups in total. The predicted molar refractivity (Wildman–Crippen MR) is 148 cm³/mol. The maximum Gasteiger partial charge on any atom is 0.318 e. The maximum atomic E-state index is 13.8. The fourth-order valence-corrected chi connectivity index (χ4v) is 7.90. The summed E-state index contributed by atoms with van der Waals surface area (Å²) in [6.45, 7) is 6.18. The molecule has 1 spiro atoms. The van der Waals surface area contributed by atoms with E-state index in [0.717, 1.165) is 43.9 Å². The number of hydrogen-bond acceptors (Lipinski definition) is 6. The number of nitrogens with zero attached hydrogens (tertiary/aromatic N) is 1. The molecule has 0 radical (unpaired) electrons. The van der Waals surface area contributed by atoms with Gasteiger partial charge in [-0.15, -0.1) is 0 Å². The number of urea groups is 1. The zero-order valence-corrected chi connectivity index (χ0v) is 23.9. The number of benzene rings is 1. The minimum Gasteiger partial charge on any atom is -0.378 e. The van der Waals surface area contributed by atoms with Crippen LogP contribution in [0, 0.1) is 29.6 Å². The average Bonchev–Trinajstić information content (AvgIpc) is 3.40. The van der Waals surface area contributed by atoms with E-state index in [-0.39, 0.29) is 17.9 Å². The monoisotopic (exact) mass is 555 g/mol. The molecular formula is C31H45N3O6. The van der Waals surface area contributed by atoms with Gasteiger partial charge in [0, 0.05) is 24.9 Å². The van der Waals surface area contributed by atoms with Crippen LogP contribution in [0.15, 0.2) is 30.3 Å². The molecule has 6 aliphatic rings. The minimum absolute atomic E-state index is 0.216. The quantitative estimate of drug-likeness (QED) is 0.447. The van der Waals surface area contributed by atoms with E-state index in [0.29, 0.717) is 51.0 Å². The van der Waals surface area contributed by atoms with Crippen LogP contribution in [0.2, 0.25) is 0 Å². The summed E-state index contributed by atoms with van der Waals surface area (Å²) in [5.41, 5.74) is 1.18. The molecular weight excluding hydrogens is 510 g/mol. The molecule has 6 fully saturated rings. The maximum absolute atomic E-state index is 13.8. The van der Waals surface area contributed by atoms with E-state index in [1.165, 1.54) is 12.0 Å². The summed E-state index contributed by atoms with van der Waals surface area (Å²) in [5.74, 6) is 1.56. The molecule has 4 aliphatic carbocycles. The fraction of sp³-hybridized carbons (Fsp3) is 0.742. The van der Waals surface area contributed by atoms with E-state index < -0.39 is 24.2 Å². The van der Waals surface area contributed by atoms with Crippen molar-refractivity contribution in [3.05, 3.63) is 35.9 Å². The zero-order chi connectivity index (χ0) is 27.7. The highest BCUT2D eigenvalue weighted by atomic mass is 17.3. The largest absolute Gasteiger partial charge is 0.378 e. The first-order chi connectivity index (χ1) is 19.4. The smallest absolute Gasteiger partial charge is 0.318 e. The number of hydrogen-bond donors (Lipinski definition) is 2. The SMILES string of the molecule is CC(C)C[C@H](NC(=O)N1CCOCC1)C(=O)N[C@@H](CCc1ccccc1)[C@@H]1OOC2(O1)C1CC3CC(C1)CC2C3. The van der Waals surface area contributed by atoms with Crippen molar-refractivity contribution in [2.24, 2.45) is 29.6 Å². The Labute approximate surface area is 237 Å². The Morgan fingerprint density at radius 1 is 0.975 bits per heavy atom. The summed E-state index contributed by atoms with van der Waals surface area (Å²) < 4.78 is 12.1. The summed E-state index contributed by atoms with van der Waals surface area (Å²) in [5, 5.41) is 6.21. The molecule has 3 amide bonds. The Morgan fingerprint density at radius 3 is 2.30 bits per heavy atom. The van der Waals surface area contributed by atoms with E-state index in [2.05, 4.69) is 36.6 Å². The molecule has 1 aromatic rings. The summed E-state index contributed by atoms with van der Waals surface area (Å²) in [6, 6.07) is 8.93. The number of carbonyl (C=O) groups is 2. The highest BCUT2D eigenvalue weighted by molar-refractivity contribution is 5.87. The molecule has 9 heteroatoms. The molecule has 2 saturated heterocycles. The number of morpholine rings is 1. The third-order valence-electron chi connectivity index (χ3n) is 9.71. The Bertz CT molecular complexity index is 1000. The van der Waals surface area contributed by atoms with Crippen molar-refractivity contribution in [1.82, 2.24) is 15.5 Å². The molecule has 1 aromatic carbocycles. The number of nitrogens with one attached hydrogen (secondary N) is 2. The van der Waals surface area contributed by atoms with Crippen LogP contribution in [0.25, 0.3) is 0 Å². The van der Waals surface area contributed by atoms with Gasteiger partial charge >= 0.3 is 6.03 Å². The normalized spacial score (nSPS) is 34.3. The number of ether oxygens (including phenoxy) is 2. The first-order valence-electron chi connectivity index (χ1n) is 15.4. The van der Waals surface area contributed by atoms with E-state index in [1.807, 2.05) is 18.2 Å². The molecule has 220 valence electrons. The Morgan fingerprint density at radius 2 is 1.65 bits per heavy atom. The van der Waals surface area contributed by atoms with E-state index in [9.17, 15) is 9.59 Å². The minimum atomic E-state index is -0.699. The van der Waals surface area contributed by atoms with Gasteiger partial charge in [0.05, 0.1) is 19.3 Å². The van der Waals surface area contributed by atoms with Crippen molar-refractivity contribution in [2.45, 2.75) is 89.4 Å². The van der Waals surface area contributed by atoms with Crippen molar-refractivity contribution in [3.63, 3.8) is 0 Å². The summed E-state index contributed by atoms with van der Waals surface area (Å²) in [7, 11) is 0. The third-order valence-corrected chi connectivity index (χ3v) is 9.71. The Hall–Kier alpha value is -2.20. The van der Waals surface area contributed by atoms with E-state index in [4.69, 9.17) is 19.2 Å². The highest BCUT2D eigenvalue weighted by Crippen LogP contribution is 2.61. The molecule has 2 heterocycles. The van der Waals surface area contributed by atoms with Gasteiger partial charge in [-0.25, -0.2) is 4.79 Å². The number of rotatable bonds is 9. The van der Waals surface area contributed by atoms with Gasteiger partial charge in [0.15, 0.2) is 0 Å². The number of aryl methyl sites for hydroxylation is 1. The molecule has 40 heavy (non-hydrogen) atoms. The lowest BCUT2D eigenvalue weighted by Gasteiger charge is -2.57. The van der Waals surface area contributed by atoms with Gasteiger partial charge in [0.1, 0.15) is 6.04 Å². The van der Waals surface area contributed by atoms with Crippen molar-refractivity contribution < 1.29 is 28.8 Å². The van der Waals surface area contributed by atoms with Crippen molar-refractivity contribution in [3.8, 4) is 0 Å². The lowest BCUT2D eigenvalue weighted by atomic mass is 9.53. The molecule has 9 nitrogen and oxygen atoms in total. The van der Waals surface area contributed by atoms with E-state index in [1.54, 1.807) is 4.90 Å². The fourth-order valence-electron chi connectivity index (χ4n) is 7.90. The first-order valence-corrected chi connectivity index (χ1v) is 15.4. The molecule has 0 aromatic heterocycles. The molecule has 2 aliphatic heterocycles. The average molecular weight is 556 g/mol. The highest BCUT2D eigenvalue weighted by Gasteiger charge is 2.64. The van der Waals surface area contributed by atoms with Crippen LogP contribution < -0.4 is 10.6 Å². The lowest BCUT2D eigenvalue weighted by Crippen LogP contribution is -2.59. The second-order valence-electron chi connectivity index (χ2n) is 13.1. The van der Waals surface area contributed by atoms with Crippen LogP contribution >= 0.6 is 0 Å². The predicted octanol–water partition coefficient (Wildman–Crippen LogP) is 4.02. The van der Waals surface area contributed by atoms with Crippen LogP contribution in [0.5, 0.6) is 0 Å². The van der Waals surface area contributed by atoms with Crippen molar-refractivity contribution in [1.29, 1.82) is 0 Å². The van der Waals surface area contributed by atoms with Gasteiger partial charge in [-0.2, -0.15) is 9.78 Å². The zero-order valence-electron chi connectivity index (χ0n) is 23.9. The summed E-state index contributed by atoms with van der Waals surface area (Å²) in [4.78, 5) is 40.6. The number of amides is 3. The number of carbonyl (C=O) groups excluding carboxylic acids is 2. The van der Waals surface area contributed by atoms with Gasteiger partial charge in [0.2, 0.25) is 18.0 Å². The Balaban J connectivity index is 1.16. The lowest BCUT2D eigenvalue weighted by molar-refractivity contribution is -0.383. The van der Waals surface area contributed by atoms with Crippen LogP contribution in [-0.2, 0) is 30.5 Å². The van der Waals surface area contributed by atoms with Crippen LogP contribution in [-0.4, -0.2) is 67.3 Å². The summed E-state index contributed by atoms with van der Waals surface area (Å²) >= 11 is 0. The first kappa shape index (κ1) is 27.9. The van der Waals surface area contributed by atoms with Gasteiger partial charge in [-0.05, 0) is 74.7 Å². The van der Waals surface area contributed by atoms with Crippen molar-refractivity contribution >= 4 is 11.9 Å². The van der Waals surface area contributed by atoms with Gasteiger partial charge in [-0.1, -0.05) is 44.2 Å². The molecule has 4 bridgehead atoms. The summed E-state index contributed by atoms with van der Waals surface area (Å²) in [6.07, 6.45) is 7.11. The van der Waals surface area contributed by atoms with Gasteiger partial charge in [-0.3, -0.25) is 4.79 Å². The molecule has 3 atom stereocenters. The molecule has 7 rings (SSSR count). The molecule has 0 unspecified atom stereocenters. The van der Waals surface area contributed by atoms with Gasteiger partial charge < -0.3 is 25.0 Å². The van der Waals surface area contributed by atoms with Crippen LogP contribution in [0.3, 0.4) is 0 Å². The van der Waals surface area contributed by atoms with Gasteiger partial charge in [0.25, 0.3) is 0 Å². The molecule has 4 saturated carbocycles. The third kappa shape index (κ3) is 5.89. The van der Waals surface area contributed by atoms with Crippen molar-refractivity contribution in [2.75, 3.05) is 26.3 Å². The van der Waals surface area contributed by atoms with E-state index >= 15 is 0 Å². The Kier molecular flexibility index (Phi) is 8.35. The topological polar surface area (TPSA) is 98.4 Å². The van der Waals surface area contributed by atoms with Crippen LogP contribution in [0.4, 0.5) is 4.79 Å².